The summed E-state index contributed by atoms with van der Waals surface area (Å²) >= 11 is 6.18. The van der Waals surface area contributed by atoms with Crippen LogP contribution in [0, 0.1) is 5.92 Å². The molecule has 1 aliphatic heterocycles. The van der Waals surface area contributed by atoms with Crippen LogP contribution in [0.3, 0.4) is 0 Å². The van der Waals surface area contributed by atoms with Gasteiger partial charge in [-0.15, -0.1) is 0 Å². The monoisotopic (exact) mass is 495 g/mol. The van der Waals surface area contributed by atoms with Gasteiger partial charge in [-0.1, -0.05) is 37.6 Å². The van der Waals surface area contributed by atoms with E-state index >= 15 is 0 Å². The summed E-state index contributed by atoms with van der Waals surface area (Å²) in [6.07, 6.45) is 7.66. The first-order chi connectivity index (χ1) is 17.0. The molecular formula is C28H38ClN5O. The van der Waals surface area contributed by atoms with Gasteiger partial charge in [0.2, 0.25) is 5.91 Å². The molecule has 1 saturated carbocycles. The van der Waals surface area contributed by atoms with Gasteiger partial charge in [0.25, 0.3) is 0 Å². The Bertz CT molecular complexity index is 1020. The van der Waals surface area contributed by atoms with E-state index in [1.807, 2.05) is 24.3 Å². The molecule has 188 valence electrons. The highest BCUT2D eigenvalue weighted by Crippen LogP contribution is 2.37. The zero-order valence-electron chi connectivity index (χ0n) is 21.1. The van der Waals surface area contributed by atoms with Gasteiger partial charge in [0.15, 0.2) is 0 Å². The largest absolute Gasteiger partial charge is 0.353 e. The van der Waals surface area contributed by atoms with Crippen molar-refractivity contribution in [2.75, 3.05) is 50.7 Å². The van der Waals surface area contributed by atoms with Gasteiger partial charge < -0.3 is 14.7 Å². The minimum absolute atomic E-state index is 0.160. The number of piperazine rings is 1. The average Bonchev–Trinajstić information content (AvgIpc) is 3.62. The fourth-order valence-corrected chi connectivity index (χ4v) is 5.88. The lowest BCUT2D eigenvalue weighted by Gasteiger charge is -2.38. The van der Waals surface area contributed by atoms with E-state index < -0.39 is 0 Å². The molecule has 2 unspecified atom stereocenters. The molecule has 1 saturated heterocycles. The van der Waals surface area contributed by atoms with Crippen LogP contribution in [0.2, 0.25) is 5.02 Å². The lowest BCUT2D eigenvalue weighted by Crippen LogP contribution is -2.51. The first-order valence-electron chi connectivity index (χ1n) is 13.4. The molecule has 2 aliphatic carbocycles. The van der Waals surface area contributed by atoms with Crippen molar-refractivity contribution in [1.29, 1.82) is 0 Å². The Morgan fingerprint density at radius 3 is 2.54 bits per heavy atom. The van der Waals surface area contributed by atoms with Gasteiger partial charge in [-0.05, 0) is 68.2 Å². The molecule has 6 nitrogen and oxygen atoms in total. The third-order valence-corrected chi connectivity index (χ3v) is 8.16. The topological polar surface area (TPSA) is 52.6 Å². The standard InChI is InChI=1S/C28H38ClN5O/c1-3-12-32(17-21-5-6-21)18-24(22-7-9-23(29)10-8-22)28(35)34-15-13-33(14-16-34)27-26-20(2)4-11-25(26)30-19-31-27/h7-10,19-21,24H,3-6,11-18H2,1-2H3. The first-order valence-corrected chi connectivity index (χ1v) is 13.8. The minimum atomic E-state index is -0.160. The van der Waals surface area contributed by atoms with Crippen molar-refractivity contribution < 1.29 is 4.79 Å². The van der Waals surface area contributed by atoms with Gasteiger partial charge >= 0.3 is 0 Å². The molecule has 3 aliphatic rings. The molecule has 2 atom stereocenters. The van der Waals surface area contributed by atoms with Crippen molar-refractivity contribution in [3.05, 3.63) is 52.4 Å². The van der Waals surface area contributed by atoms with E-state index in [-0.39, 0.29) is 11.8 Å². The summed E-state index contributed by atoms with van der Waals surface area (Å²) in [6.45, 7) is 10.5. The second-order valence-corrected chi connectivity index (χ2v) is 11.1. The highest BCUT2D eigenvalue weighted by atomic mass is 35.5. The SMILES string of the molecule is CCCN(CC1CC1)CC(C(=O)N1CCN(c2ncnc3c2C(C)CC3)CC1)c1ccc(Cl)cc1. The molecule has 2 aromatic rings. The minimum Gasteiger partial charge on any atom is -0.353 e. The Hall–Kier alpha value is -2.18. The van der Waals surface area contributed by atoms with E-state index in [0.29, 0.717) is 10.9 Å². The van der Waals surface area contributed by atoms with Gasteiger partial charge in [0, 0.05) is 55.5 Å². The predicted octanol–water partition coefficient (Wildman–Crippen LogP) is 4.73. The van der Waals surface area contributed by atoms with Gasteiger partial charge in [0.1, 0.15) is 12.1 Å². The first kappa shape index (κ1) is 24.5. The molecule has 0 radical (unpaired) electrons. The lowest BCUT2D eigenvalue weighted by atomic mass is 9.96. The Morgan fingerprint density at radius 2 is 1.86 bits per heavy atom. The van der Waals surface area contributed by atoms with Crippen LogP contribution in [0.5, 0.6) is 0 Å². The zero-order chi connectivity index (χ0) is 24.4. The van der Waals surface area contributed by atoms with Gasteiger partial charge in [-0.2, -0.15) is 0 Å². The van der Waals surface area contributed by atoms with Crippen LogP contribution < -0.4 is 4.90 Å². The lowest BCUT2D eigenvalue weighted by molar-refractivity contribution is -0.133. The quantitative estimate of drug-likeness (QED) is 0.503. The van der Waals surface area contributed by atoms with Crippen molar-refractivity contribution in [2.24, 2.45) is 5.92 Å². The summed E-state index contributed by atoms with van der Waals surface area (Å²) in [6, 6.07) is 7.90. The van der Waals surface area contributed by atoms with E-state index in [4.69, 9.17) is 11.6 Å². The molecule has 1 aromatic carbocycles. The third kappa shape index (κ3) is 5.64. The van der Waals surface area contributed by atoms with E-state index in [9.17, 15) is 4.79 Å². The van der Waals surface area contributed by atoms with Crippen LogP contribution in [-0.2, 0) is 11.2 Å². The van der Waals surface area contributed by atoms with E-state index in [2.05, 4.69) is 38.5 Å². The van der Waals surface area contributed by atoms with E-state index in [1.54, 1.807) is 6.33 Å². The van der Waals surface area contributed by atoms with Gasteiger partial charge in [0.05, 0.1) is 5.92 Å². The third-order valence-electron chi connectivity index (χ3n) is 7.91. The van der Waals surface area contributed by atoms with Crippen LogP contribution in [0.15, 0.2) is 30.6 Å². The predicted molar refractivity (Wildman–Crippen MR) is 141 cm³/mol. The number of carbonyl (C=O) groups is 1. The van der Waals surface area contributed by atoms with Crippen molar-refractivity contribution in [2.45, 2.75) is 57.8 Å². The van der Waals surface area contributed by atoms with Crippen molar-refractivity contribution in [3.63, 3.8) is 0 Å². The molecule has 1 aromatic heterocycles. The second kappa shape index (κ2) is 10.8. The van der Waals surface area contributed by atoms with E-state index in [0.717, 1.165) is 82.4 Å². The molecule has 1 amide bonds. The van der Waals surface area contributed by atoms with Crippen LogP contribution >= 0.6 is 11.6 Å². The number of amides is 1. The highest BCUT2D eigenvalue weighted by molar-refractivity contribution is 6.30. The molecule has 0 spiro atoms. The maximum absolute atomic E-state index is 13.9. The van der Waals surface area contributed by atoms with Crippen molar-refractivity contribution in [3.8, 4) is 0 Å². The summed E-state index contributed by atoms with van der Waals surface area (Å²) < 4.78 is 0. The summed E-state index contributed by atoms with van der Waals surface area (Å²) in [5.41, 5.74) is 3.60. The molecular weight excluding hydrogens is 458 g/mol. The Balaban J connectivity index is 1.30. The number of fused-ring (bicyclic) bond motifs is 1. The molecule has 2 heterocycles. The van der Waals surface area contributed by atoms with Crippen LogP contribution in [0.25, 0.3) is 0 Å². The molecule has 0 bridgehead atoms. The number of hydrogen-bond donors (Lipinski definition) is 0. The number of benzene rings is 1. The van der Waals surface area contributed by atoms with Crippen LogP contribution in [0.4, 0.5) is 5.82 Å². The number of carbonyl (C=O) groups excluding carboxylic acids is 1. The fourth-order valence-electron chi connectivity index (χ4n) is 5.75. The van der Waals surface area contributed by atoms with Crippen LogP contribution in [0.1, 0.15) is 68.2 Å². The molecule has 7 heteroatoms. The molecule has 5 rings (SSSR count). The summed E-state index contributed by atoms with van der Waals surface area (Å²) in [5.74, 6) is 2.48. The number of aryl methyl sites for hydroxylation is 1. The van der Waals surface area contributed by atoms with Gasteiger partial charge in [-0.3, -0.25) is 4.79 Å². The Labute approximate surface area is 214 Å². The van der Waals surface area contributed by atoms with Gasteiger partial charge in [-0.25, -0.2) is 9.97 Å². The summed E-state index contributed by atoms with van der Waals surface area (Å²) in [7, 11) is 0. The maximum Gasteiger partial charge on any atom is 0.231 e. The normalized spacial score (nSPS) is 20.9. The Morgan fingerprint density at radius 1 is 1.11 bits per heavy atom. The Kier molecular flexibility index (Phi) is 7.59. The number of rotatable bonds is 9. The maximum atomic E-state index is 13.9. The van der Waals surface area contributed by atoms with Crippen molar-refractivity contribution >= 4 is 23.3 Å². The number of halogens is 1. The molecule has 2 fully saturated rings. The molecule has 35 heavy (non-hydrogen) atoms. The number of hydrogen-bond acceptors (Lipinski definition) is 5. The second-order valence-electron chi connectivity index (χ2n) is 10.6. The number of aromatic nitrogens is 2. The smallest absolute Gasteiger partial charge is 0.231 e. The zero-order valence-corrected chi connectivity index (χ0v) is 21.9. The fraction of sp³-hybridized carbons (Fsp3) is 0.607. The summed E-state index contributed by atoms with van der Waals surface area (Å²) in [5, 5.41) is 0.712. The van der Waals surface area contributed by atoms with E-state index in [1.165, 1.54) is 24.1 Å². The number of nitrogens with zero attached hydrogens (tertiary/aromatic N) is 5. The molecule has 0 N–H and O–H groups in total. The average molecular weight is 496 g/mol. The number of anilines is 1. The van der Waals surface area contributed by atoms with Crippen LogP contribution in [-0.4, -0.2) is 71.5 Å². The summed E-state index contributed by atoms with van der Waals surface area (Å²) in [4.78, 5) is 30.1. The highest BCUT2D eigenvalue weighted by Gasteiger charge is 2.33. The van der Waals surface area contributed by atoms with Crippen molar-refractivity contribution in [1.82, 2.24) is 19.8 Å².